The zero-order valence-corrected chi connectivity index (χ0v) is 7.53. The number of hydrogen-bond acceptors (Lipinski definition) is 5. The lowest BCUT2D eigenvalue weighted by Gasteiger charge is -2.01. The summed E-state index contributed by atoms with van der Waals surface area (Å²) in [6.07, 6.45) is 0. The maximum atomic E-state index is 10.6. The van der Waals surface area contributed by atoms with Crippen LogP contribution >= 0.6 is 0 Å². The quantitative estimate of drug-likeness (QED) is 0.714. The van der Waals surface area contributed by atoms with Gasteiger partial charge in [-0.25, -0.2) is 4.18 Å². The Hall–Kier alpha value is -0.950. The summed E-state index contributed by atoms with van der Waals surface area (Å²) in [5.74, 6) is 4.46. The minimum atomic E-state index is -4.04. The smallest absolute Gasteiger partial charge is 0.242 e. The van der Waals surface area contributed by atoms with Gasteiger partial charge in [-0.15, -0.1) is 0 Å². The van der Waals surface area contributed by atoms with Crippen LogP contribution in [-0.2, 0) is 25.5 Å². The second kappa shape index (κ2) is 4.33. The van der Waals surface area contributed by atoms with E-state index in [0.717, 1.165) is 5.56 Å². The number of benzene rings is 1. The fourth-order valence-electron chi connectivity index (χ4n) is 0.742. The Morgan fingerprint density at radius 2 is 1.85 bits per heavy atom. The molecular weight excluding hydrogens is 194 g/mol. The van der Waals surface area contributed by atoms with Gasteiger partial charge in [0.25, 0.3) is 0 Å². The SMILES string of the molecule is NOS(=O)(=O)OCc1ccccc1. The van der Waals surface area contributed by atoms with Gasteiger partial charge in [0.05, 0.1) is 6.61 Å². The van der Waals surface area contributed by atoms with E-state index in [1.165, 1.54) is 0 Å². The molecule has 0 bridgehead atoms. The molecule has 0 atom stereocenters. The van der Waals surface area contributed by atoms with E-state index in [4.69, 9.17) is 0 Å². The van der Waals surface area contributed by atoms with Crippen molar-refractivity contribution >= 4 is 10.4 Å². The van der Waals surface area contributed by atoms with Crippen LogP contribution in [0, 0.1) is 0 Å². The zero-order chi connectivity index (χ0) is 9.73. The summed E-state index contributed by atoms with van der Waals surface area (Å²) in [4.78, 5) is 0. The van der Waals surface area contributed by atoms with Gasteiger partial charge in [-0.3, -0.25) is 0 Å². The first kappa shape index (κ1) is 10.1. The van der Waals surface area contributed by atoms with E-state index in [-0.39, 0.29) is 6.61 Å². The Morgan fingerprint density at radius 3 is 2.38 bits per heavy atom. The van der Waals surface area contributed by atoms with Crippen molar-refractivity contribution in [1.29, 1.82) is 0 Å². The van der Waals surface area contributed by atoms with Crippen LogP contribution in [0.3, 0.4) is 0 Å². The largest absolute Gasteiger partial charge is 0.416 e. The van der Waals surface area contributed by atoms with E-state index in [0.29, 0.717) is 0 Å². The van der Waals surface area contributed by atoms with E-state index in [9.17, 15) is 8.42 Å². The monoisotopic (exact) mass is 203 g/mol. The molecule has 0 aromatic heterocycles. The highest BCUT2D eigenvalue weighted by Gasteiger charge is 2.09. The first-order valence-corrected chi connectivity index (χ1v) is 4.79. The van der Waals surface area contributed by atoms with Crippen molar-refractivity contribution in [2.75, 3.05) is 0 Å². The highest BCUT2D eigenvalue weighted by Crippen LogP contribution is 2.03. The summed E-state index contributed by atoms with van der Waals surface area (Å²) in [6, 6.07) is 8.82. The molecule has 0 amide bonds. The standard InChI is InChI=1S/C7H9NO4S/c8-12-13(9,10)11-6-7-4-2-1-3-5-7/h1-5H,6,8H2. The third-order valence-electron chi connectivity index (χ3n) is 1.33. The van der Waals surface area contributed by atoms with Crippen molar-refractivity contribution in [3.8, 4) is 0 Å². The molecule has 2 N–H and O–H groups in total. The maximum Gasteiger partial charge on any atom is 0.416 e. The second-order valence-electron chi connectivity index (χ2n) is 2.25. The normalized spacial score (nSPS) is 11.5. The summed E-state index contributed by atoms with van der Waals surface area (Å²) in [7, 11) is -4.04. The van der Waals surface area contributed by atoms with Crippen molar-refractivity contribution in [2.24, 2.45) is 5.90 Å². The molecule has 0 saturated carbocycles. The minimum Gasteiger partial charge on any atom is -0.242 e. The molecule has 0 spiro atoms. The lowest BCUT2D eigenvalue weighted by atomic mass is 10.2. The average molecular weight is 203 g/mol. The Balaban J connectivity index is 2.54. The van der Waals surface area contributed by atoms with Crippen LogP contribution in [0.4, 0.5) is 0 Å². The molecule has 1 aromatic carbocycles. The predicted molar refractivity (Wildman–Crippen MR) is 45.4 cm³/mol. The van der Waals surface area contributed by atoms with Crippen LogP contribution in [-0.4, -0.2) is 8.42 Å². The molecule has 0 saturated heterocycles. The number of rotatable bonds is 4. The van der Waals surface area contributed by atoms with Crippen LogP contribution in [0.1, 0.15) is 5.56 Å². The molecule has 13 heavy (non-hydrogen) atoms. The maximum absolute atomic E-state index is 10.6. The van der Waals surface area contributed by atoms with Crippen molar-refractivity contribution in [1.82, 2.24) is 0 Å². The van der Waals surface area contributed by atoms with Gasteiger partial charge in [-0.05, 0) is 5.56 Å². The average Bonchev–Trinajstić information content (AvgIpc) is 2.17. The van der Waals surface area contributed by atoms with Crippen LogP contribution in [0.25, 0.3) is 0 Å². The van der Waals surface area contributed by atoms with Gasteiger partial charge in [-0.2, -0.15) is 18.6 Å². The van der Waals surface area contributed by atoms with Gasteiger partial charge in [0, 0.05) is 0 Å². The Morgan fingerprint density at radius 1 is 1.23 bits per heavy atom. The predicted octanol–water partition coefficient (Wildman–Crippen LogP) is 0.338. The van der Waals surface area contributed by atoms with E-state index >= 15 is 0 Å². The van der Waals surface area contributed by atoms with E-state index in [1.807, 2.05) is 6.07 Å². The van der Waals surface area contributed by atoms with E-state index in [1.54, 1.807) is 24.3 Å². The molecule has 1 rings (SSSR count). The molecule has 0 radical (unpaired) electrons. The fourth-order valence-corrected chi connectivity index (χ4v) is 1.08. The van der Waals surface area contributed by atoms with Gasteiger partial charge in [0.1, 0.15) is 0 Å². The summed E-state index contributed by atoms with van der Waals surface area (Å²) >= 11 is 0. The second-order valence-corrected chi connectivity index (χ2v) is 3.50. The first-order chi connectivity index (χ1) is 6.14. The lowest BCUT2D eigenvalue weighted by molar-refractivity contribution is 0.211. The molecule has 0 aliphatic rings. The Labute approximate surface area is 76.4 Å². The molecule has 0 unspecified atom stereocenters. The third kappa shape index (κ3) is 3.51. The van der Waals surface area contributed by atoms with E-state index in [2.05, 4.69) is 14.4 Å². The Kier molecular flexibility index (Phi) is 3.38. The summed E-state index contributed by atoms with van der Waals surface area (Å²) in [5.41, 5.74) is 0.725. The summed E-state index contributed by atoms with van der Waals surface area (Å²) in [5, 5.41) is 0. The van der Waals surface area contributed by atoms with Crippen LogP contribution < -0.4 is 5.90 Å². The molecule has 0 heterocycles. The third-order valence-corrected chi connectivity index (χ3v) is 1.97. The number of hydrogen-bond donors (Lipinski definition) is 1. The molecule has 72 valence electrons. The van der Waals surface area contributed by atoms with Crippen LogP contribution in [0.5, 0.6) is 0 Å². The van der Waals surface area contributed by atoms with E-state index < -0.39 is 10.4 Å². The highest BCUT2D eigenvalue weighted by atomic mass is 32.3. The minimum absolute atomic E-state index is 0.0830. The van der Waals surface area contributed by atoms with Crippen molar-refractivity contribution in [2.45, 2.75) is 6.61 Å². The summed E-state index contributed by atoms with van der Waals surface area (Å²) < 4.78 is 29.2. The topological polar surface area (TPSA) is 78.6 Å². The van der Waals surface area contributed by atoms with Gasteiger partial charge < -0.3 is 0 Å². The van der Waals surface area contributed by atoms with Crippen molar-refractivity contribution < 1.29 is 16.9 Å². The van der Waals surface area contributed by atoms with Gasteiger partial charge in [0.2, 0.25) is 0 Å². The molecule has 5 nitrogen and oxygen atoms in total. The Bertz CT molecular complexity index is 348. The van der Waals surface area contributed by atoms with Gasteiger partial charge >= 0.3 is 10.4 Å². The summed E-state index contributed by atoms with van der Waals surface area (Å²) in [6.45, 7) is -0.0830. The molecule has 6 heteroatoms. The highest BCUT2D eigenvalue weighted by molar-refractivity contribution is 7.81. The van der Waals surface area contributed by atoms with Gasteiger partial charge in [-0.1, -0.05) is 30.3 Å². The first-order valence-electron chi connectivity index (χ1n) is 3.46. The van der Waals surface area contributed by atoms with Crippen LogP contribution in [0.2, 0.25) is 0 Å². The molecule has 0 fully saturated rings. The molecule has 0 aliphatic carbocycles. The van der Waals surface area contributed by atoms with Crippen LogP contribution in [0.15, 0.2) is 30.3 Å². The molecular formula is C7H9NO4S. The molecule has 1 aromatic rings. The zero-order valence-electron chi connectivity index (χ0n) is 6.71. The lowest BCUT2D eigenvalue weighted by Crippen LogP contribution is -2.14. The molecule has 0 aliphatic heterocycles. The number of nitrogens with two attached hydrogens (primary N) is 1. The van der Waals surface area contributed by atoms with Crippen molar-refractivity contribution in [3.63, 3.8) is 0 Å². The van der Waals surface area contributed by atoms with Gasteiger partial charge in [0.15, 0.2) is 0 Å². The van der Waals surface area contributed by atoms with Crippen molar-refractivity contribution in [3.05, 3.63) is 35.9 Å². The fraction of sp³-hybridized carbons (Fsp3) is 0.143.